The number of hydrogen-bond acceptors (Lipinski definition) is 6. The Morgan fingerprint density at radius 3 is 2.46 bits per heavy atom. The van der Waals surface area contributed by atoms with Crippen LogP contribution in [0.4, 0.5) is 10.2 Å². The van der Waals surface area contributed by atoms with Crippen molar-refractivity contribution in [1.82, 2.24) is 14.5 Å². The minimum Gasteiger partial charge on any atom is -0.390 e. The number of aromatic nitrogens is 2. The van der Waals surface area contributed by atoms with Crippen LogP contribution in [-0.2, 0) is 11.3 Å². The van der Waals surface area contributed by atoms with E-state index in [1.165, 1.54) is 28.5 Å². The van der Waals surface area contributed by atoms with E-state index in [9.17, 15) is 19.1 Å². The number of carbonyl (C=O) groups is 1. The predicted molar refractivity (Wildman–Crippen MR) is 137 cm³/mol. The largest absolute Gasteiger partial charge is 0.390 e. The van der Waals surface area contributed by atoms with Gasteiger partial charge in [-0.25, -0.2) is 9.18 Å². The third-order valence-electron chi connectivity index (χ3n) is 6.68. The second kappa shape index (κ2) is 9.11. The number of amides is 1. The zero-order valence-electron chi connectivity index (χ0n) is 19.7. The highest BCUT2D eigenvalue weighted by Gasteiger charge is 2.34. The number of nitrogens with zero attached hydrogens (tertiary/aromatic N) is 4. The second-order valence-corrected chi connectivity index (χ2v) is 10.7. The van der Waals surface area contributed by atoms with E-state index < -0.39 is 11.8 Å². The summed E-state index contributed by atoms with van der Waals surface area (Å²) in [6.45, 7) is 6.71. The lowest BCUT2D eigenvalue weighted by Crippen LogP contribution is -2.58. The quantitative estimate of drug-likeness (QED) is 0.558. The lowest BCUT2D eigenvalue weighted by atomic mass is 10.0. The first-order valence-corrected chi connectivity index (χ1v) is 12.9. The Labute approximate surface area is 211 Å². The Bertz CT molecular complexity index is 1370. The van der Waals surface area contributed by atoms with Gasteiger partial charge in [-0.15, -0.1) is 11.8 Å². The molecule has 1 fully saturated rings. The summed E-state index contributed by atoms with van der Waals surface area (Å²) in [7, 11) is 0. The highest BCUT2D eigenvalue weighted by atomic mass is 35.5. The molecular formula is C25H26ClFN4O3S. The summed E-state index contributed by atoms with van der Waals surface area (Å²) in [6, 6.07) is 7.77. The van der Waals surface area contributed by atoms with Gasteiger partial charge in [0.15, 0.2) is 0 Å². The summed E-state index contributed by atoms with van der Waals surface area (Å²) >= 11 is 8.28. The maximum atomic E-state index is 13.6. The summed E-state index contributed by atoms with van der Waals surface area (Å²) in [6.07, 6.45) is -0.736. The molecule has 3 aromatic rings. The van der Waals surface area contributed by atoms with Crippen LogP contribution in [0.2, 0.25) is 5.02 Å². The van der Waals surface area contributed by atoms with Crippen LogP contribution >= 0.6 is 23.4 Å². The van der Waals surface area contributed by atoms with Gasteiger partial charge in [0.1, 0.15) is 11.6 Å². The minimum atomic E-state index is -0.736. The van der Waals surface area contributed by atoms with E-state index in [1.54, 1.807) is 19.1 Å². The Balaban J connectivity index is 1.75. The summed E-state index contributed by atoms with van der Waals surface area (Å²) in [5, 5.41) is 11.7. The van der Waals surface area contributed by atoms with Gasteiger partial charge in [-0.05, 0) is 37.6 Å². The maximum Gasteiger partial charge on any atom is 0.350 e. The normalized spacial score (nSPS) is 22.4. The third-order valence-corrected chi connectivity index (χ3v) is 8.21. The van der Waals surface area contributed by atoms with Crippen molar-refractivity contribution in [1.29, 1.82) is 0 Å². The van der Waals surface area contributed by atoms with E-state index in [2.05, 4.69) is 4.98 Å². The van der Waals surface area contributed by atoms with E-state index in [0.717, 1.165) is 10.5 Å². The fourth-order valence-electron chi connectivity index (χ4n) is 5.36. The van der Waals surface area contributed by atoms with Crippen LogP contribution in [-0.4, -0.2) is 62.5 Å². The van der Waals surface area contributed by atoms with Crippen molar-refractivity contribution >= 4 is 46.0 Å². The van der Waals surface area contributed by atoms with Crippen LogP contribution in [0.3, 0.4) is 0 Å². The molecule has 0 saturated carbocycles. The zero-order chi connectivity index (χ0) is 25.0. The monoisotopic (exact) mass is 516 g/mol. The zero-order valence-corrected chi connectivity index (χ0v) is 21.2. The lowest BCUT2D eigenvalue weighted by molar-refractivity contribution is -0.133. The molecule has 3 heterocycles. The highest BCUT2D eigenvalue weighted by Crippen LogP contribution is 2.45. The topological polar surface area (TPSA) is 78.7 Å². The Morgan fingerprint density at radius 2 is 1.83 bits per heavy atom. The van der Waals surface area contributed by atoms with Crippen molar-refractivity contribution in [3.8, 4) is 11.1 Å². The van der Waals surface area contributed by atoms with Gasteiger partial charge in [-0.2, -0.15) is 4.98 Å². The number of aliphatic hydroxyl groups is 1. The molecule has 35 heavy (non-hydrogen) atoms. The molecule has 2 aromatic carbocycles. The highest BCUT2D eigenvalue weighted by molar-refractivity contribution is 7.99. The molecule has 184 valence electrons. The maximum absolute atomic E-state index is 13.6. The van der Waals surface area contributed by atoms with Crippen LogP contribution in [0.1, 0.15) is 20.8 Å². The van der Waals surface area contributed by atoms with Crippen LogP contribution in [0.15, 0.2) is 40.0 Å². The average molecular weight is 517 g/mol. The molecular weight excluding hydrogens is 491 g/mol. The van der Waals surface area contributed by atoms with Gasteiger partial charge in [0, 0.05) is 53.7 Å². The summed E-state index contributed by atoms with van der Waals surface area (Å²) < 4.78 is 15.1. The van der Waals surface area contributed by atoms with Crippen LogP contribution < -0.4 is 10.6 Å². The number of rotatable bonds is 2. The number of thioether (sulfide) groups is 1. The molecule has 0 bridgehead atoms. The van der Waals surface area contributed by atoms with Crippen LogP contribution in [0.25, 0.3) is 22.0 Å². The number of halogens is 2. The summed E-state index contributed by atoms with van der Waals surface area (Å²) in [4.78, 5) is 34.5. The van der Waals surface area contributed by atoms with Crippen molar-refractivity contribution in [2.45, 2.75) is 50.4 Å². The SMILES string of the molecule is CC(=O)N1[C@H](C)CN(c2nc(=O)n3c4c(c(-c5ccc(F)cc5)c(Cl)cc24)SCC(O)C3)C[C@@H]1C. The second-order valence-electron chi connectivity index (χ2n) is 9.29. The average Bonchev–Trinajstić information content (AvgIpc) is 2.96. The van der Waals surface area contributed by atoms with E-state index in [-0.39, 0.29) is 30.4 Å². The van der Waals surface area contributed by atoms with Crippen LogP contribution in [0.5, 0.6) is 0 Å². The molecule has 1 unspecified atom stereocenters. The lowest BCUT2D eigenvalue weighted by Gasteiger charge is -2.44. The van der Waals surface area contributed by atoms with Crippen LogP contribution in [0, 0.1) is 5.82 Å². The van der Waals surface area contributed by atoms with Gasteiger partial charge >= 0.3 is 5.69 Å². The molecule has 3 atom stereocenters. The number of piperazine rings is 1. The van der Waals surface area contributed by atoms with Gasteiger partial charge in [-0.1, -0.05) is 23.7 Å². The van der Waals surface area contributed by atoms with Gasteiger partial charge in [-0.3, -0.25) is 9.36 Å². The molecule has 2 aliphatic rings. The standard InChI is InChI=1S/C25H26ClFN4O3S/c1-13-9-29(10-14(2)31(13)15(3)32)24-19-8-20(26)21(16-4-6-17(27)7-5-16)23-22(19)30(25(34)28-24)11-18(33)12-35-23/h4-8,13-14,18,33H,9-12H2,1-3H3/t13-,14+,18?. The predicted octanol–water partition coefficient (Wildman–Crippen LogP) is 3.77. The first kappa shape index (κ1) is 24.1. The molecule has 0 spiro atoms. The number of carbonyl (C=O) groups excluding carboxylic acids is 1. The van der Waals surface area contributed by atoms with Crippen molar-refractivity contribution < 1.29 is 14.3 Å². The molecule has 7 nitrogen and oxygen atoms in total. The van der Waals surface area contributed by atoms with Gasteiger partial charge in [0.05, 0.1) is 23.2 Å². The van der Waals surface area contributed by atoms with Gasteiger partial charge in [0.2, 0.25) is 5.91 Å². The van der Waals surface area contributed by atoms with E-state index >= 15 is 0 Å². The fourth-order valence-corrected chi connectivity index (χ4v) is 6.92. The molecule has 1 N–H and O–H groups in total. The van der Waals surface area contributed by atoms with E-state index in [1.807, 2.05) is 29.7 Å². The Hall–Kier alpha value is -2.62. The van der Waals surface area contributed by atoms with Crippen molar-refractivity contribution in [3.63, 3.8) is 0 Å². The molecule has 1 amide bonds. The molecule has 10 heteroatoms. The van der Waals surface area contributed by atoms with E-state index in [4.69, 9.17) is 11.6 Å². The molecule has 0 radical (unpaired) electrons. The Kier molecular flexibility index (Phi) is 6.27. The molecule has 2 aliphatic heterocycles. The summed E-state index contributed by atoms with van der Waals surface area (Å²) in [5.41, 5.74) is 1.65. The summed E-state index contributed by atoms with van der Waals surface area (Å²) in [5.74, 6) is 0.569. The van der Waals surface area contributed by atoms with Crippen molar-refractivity contribution in [2.75, 3.05) is 23.7 Å². The molecule has 0 aliphatic carbocycles. The Morgan fingerprint density at radius 1 is 1.17 bits per heavy atom. The number of hydrogen-bond donors (Lipinski definition) is 1. The number of anilines is 1. The van der Waals surface area contributed by atoms with Gasteiger partial charge < -0.3 is 14.9 Å². The minimum absolute atomic E-state index is 0.0171. The first-order valence-electron chi connectivity index (χ1n) is 11.5. The van der Waals surface area contributed by atoms with Gasteiger partial charge in [0.25, 0.3) is 0 Å². The van der Waals surface area contributed by atoms with E-state index in [0.29, 0.717) is 46.1 Å². The molecule has 1 aromatic heterocycles. The smallest absolute Gasteiger partial charge is 0.350 e. The first-order chi connectivity index (χ1) is 16.7. The fraction of sp³-hybridized carbons (Fsp3) is 0.400. The molecule has 5 rings (SSSR count). The number of benzene rings is 2. The third kappa shape index (κ3) is 4.19. The number of aliphatic hydroxyl groups excluding tert-OH is 1. The van der Waals surface area contributed by atoms with Crippen molar-refractivity contribution in [2.24, 2.45) is 0 Å². The van der Waals surface area contributed by atoms with Crippen molar-refractivity contribution in [3.05, 3.63) is 51.7 Å². The molecule has 1 saturated heterocycles.